The van der Waals surface area contributed by atoms with E-state index in [2.05, 4.69) is 15.6 Å². The lowest BCUT2D eigenvalue weighted by atomic mass is 10.2. The molecule has 0 aliphatic heterocycles. The lowest BCUT2D eigenvalue weighted by molar-refractivity contribution is 0.0601. The van der Waals surface area contributed by atoms with Gasteiger partial charge in [0.2, 0.25) is 0 Å². The zero-order chi connectivity index (χ0) is 20.1. The fourth-order valence-corrected chi connectivity index (χ4v) is 2.47. The SMILES string of the molecule is COC(=O)c1cc(Nc2ccc(F)cc2F)cnc1NCc1ccc(F)cc1. The van der Waals surface area contributed by atoms with E-state index in [9.17, 15) is 18.0 Å². The van der Waals surface area contributed by atoms with Crippen LogP contribution in [-0.2, 0) is 11.3 Å². The van der Waals surface area contributed by atoms with E-state index in [1.807, 2.05) is 0 Å². The average Bonchev–Trinajstić information content (AvgIpc) is 2.69. The highest BCUT2D eigenvalue weighted by molar-refractivity contribution is 5.95. The van der Waals surface area contributed by atoms with Gasteiger partial charge in [-0.25, -0.2) is 22.9 Å². The summed E-state index contributed by atoms with van der Waals surface area (Å²) < 4.78 is 44.6. The van der Waals surface area contributed by atoms with Crippen molar-refractivity contribution in [3.05, 3.63) is 83.3 Å². The van der Waals surface area contributed by atoms with E-state index in [-0.39, 0.29) is 22.9 Å². The summed E-state index contributed by atoms with van der Waals surface area (Å²) in [6.07, 6.45) is 1.39. The van der Waals surface area contributed by atoms with Gasteiger partial charge in [0.05, 0.1) is 24.7 Å². The van der Waals surface area contributed by atoms with Crippen LogP contribution < -0.4 is 10.6 Å². The Morgan fingerprint density at radius 3 is 2.43 bits per heavy atom. The minimum absolute atomic E-state index is 0.0334. The number of rotatable bonds is 6. The van der Waals surface area contributed by atoms with Crippen molar-refractivity contribution in [3.63, 3.8) is 0 Å². The monoisotopic (exact) mass is 387 g/mol. The van der Waals surface area contributed by atoms with Crippen molar-refractivity contribution in [2.45, 2.75) is 6.54 Å². The minimum atomic E-state index is -0.780. The van der Waals surface area contributed by atoms with Crippen molar-refractivity contribution in [2.75, 3.05) is 17.7 Å². The molecule has 0 unspecified atom stereocenters. The first-order valence-electron chi connectivity index (χ1n) is 8.25. The maximum atomic E-state index is 13.8. The number of pyridine rings is 1. The summed E-state index contributed by atoms with van der Waals surface area (Å²) >= 11 is 0. The Morgan fingerprint density at radius 1 is 1.04 bits per heavy atom. The molecule has 0 amide bonds. The molecule has 0 spiro atoms. The number of nitrogens with one attached hydrogen (secondary N) is 2. The molecule has 0 radical (unpaired) electrons. The highest BCUT2D eigenvalue weighted by atomic mass is 19.1. The molecule has 0 saturated heterocycles. The van der Waals surface area contributed by atoms with E-state index in [4.69, 9.17) is 4.74 Å². The highest BCUT2D eigenvalue weighted by Gasteiger charge is 2.15. The number of ether oxygens (including phenoxy) is 1. The quantitative estimate of drug-likeness (QED) is 0.604. The Morgan fingerprint density at radius 2 is 1.75 bits per heavy atom. The molecule has 1 aromatic heterocycles. The molecule has 0 fully saturated rings. The van der Waals surface area contributed by atoms with Gasteiger partial charge in [-0.2, -0.15) is 0 Å². The Balaban J connectivity index is 1.82. The molecule has 28 heavy (non-hydrogen) atoms. The van der Waals surface area contributed by atoms with Gasteiger partial charge in [-0.1, -0.05) is 12.1 Å². The number of methoxy groups -OCH3 is 1. The molecular weight excluding hydrogens is 371 g/mol. The third-order valence-corrected chi connectivity index (χ3v) is 3.88. The zero-order valence-electron chi connectivity index (χ0n) is 14.8. The van der Waals surface area contributed by atoms with Crippen LogP contribution in [0.15, 0.2) is 54.7 Å². The fourth-order valence-electron chi connectivity index (χ4n) is 2.47. The molecule has 0 aliphatic rings. The van der Waals surface area contributed by atoms with Crippen molar-refractivity contribution in [3.8, 4) is 0 Å². The molecule has 144 valence electrons. The number of anilines is 3. The molecule has 2 N–H and O–H groups in total. The normalized spacial score (nSPS) is 10.4. The maximum Gasteiger partial charge on any atom is 0.341 e. The molecule has 3 aromatic rings. The number of aromatic nitrogens is 1. The third kappa shape index (κ3) is 4.59. The Hall–Kier alpha value is -3.55. The van der Waals surface area contributed by atoms with E-state index in [0.29, 0.717) is 12.2 Å². The molecular formula is C20H16F3N3O2. The number of hydrogen-bond acceptors (Lipinski definition) is 5. The van der Waals surface area contributed by atoms with Crippen LogP contribution in [0.4, 0.5) is 30.4 Å². The van der Waals surface area contributed by atoms with Crippen molar-refractivity contribution < 1.29 is 22.7 Å². The van der Waals surface area contributed by atoms with Crippen LogP contribution in [0.2, 0.25) is 0 Å². The number of nitrogens with zero attached hydrogens (tertiary/aromatic N) is 1. The number of benzene rings is 2. The van der Waals surface area contributed by atoms with Gasteiger partial charge in [-0.3, -0.25) is 0 Å². The van der Waals surface area contributed by atoms with Gasteiger partial charge in [-0.05, 0) is 35.9 Å². The molecule has 3 rings (SSSR count). The Labute approximate surface area is 159 Å². The average molecular weight is 387 g/mol. The number of carbonyl (C=O) groups is 1. The summed E-state index contributed by atoms with van der Waals surface area (Å²) in [6.45, 7) is 0.302. The fraction of sp³-hybridized carbons (Fsp3) is 0.100. The number of hydrogen-bond donors (Lipinski definition) is 2. The molecule has 0 atom stereocenters. The van der Waals surface area contributed by atoms with Gasteiger partial charge < -0.3 is 15.4 Å². The van der Waals surface area contributed by atoms with E-state index in [0.717, 1.165) is 17.7 Å². The van der Waals surface area contributed by atoms with Crippen LogP contribution in [0.1, 0.15) is 15.9 Å². The molecule has 2 aromatic carbocycles. The standard InChI is InChI=1S/C20H16F3N3O2/c1-28-20(27)16-9-15(26-18-7-6-14(22)8-17(18)23)11-25-19(16)24-10-12-2-4-13(21)5-3-12/h2-9,11,26H,10H2,1H3,(H,24,25). The van der Waals surface area contributed by atoms with Gasteiger partial charge in [0.25, 0.3) is 0 Å². The van der Waals surface area contributed by atoms with Gasteiger partial charge in [0.15, 0.2) is 0 Å². The zero-order valence-corrected chi connectivity index (χ0v) is 14.8. The number of halogens is 3. The predicted molar refractivity (Wildman–Crippen MR) is 98.9 cm³/mol. The van der Waals surface area contributed by atoms with Crippen LogP contribution in [0.5, 0.6) is 0 Å². The van der Waals surface area contributed by atoms with Crippen molar-refractivity contribution in [1.82, 2.24) is 4.98 Å². The number of carbonyl (C=O) groups excluding carboxylic acids is 1. The first kappa shape index (κ1) is 19.2. The predicted octanol–water partition coefficient (Wildman–Crippen LogP) is 4.64. The van der Waals surface area contributed by atoms with E-state index in [1.165, 1.54) is 37.6 Å². The first-order valence-corrected chi connectivity index (χ1v) is 8.25. The van der Waals surface area contributed by atoms with Crippen molar-refractivity contribution in [1.29, 1.82) is 0 Å². The van der Waals surface area contributed by atoms with Crippen LogP contribution in [0.25, 0.3) is 0 Å². The van der Waals surface area contributed by atoms with Crippen LogP contribution >= 0.6 is 0 Å². The molecule has 0 bridgehead atoms. The molecule has 8 heteroatoms. The summed E-state index contributed by atoms with van der Waals surface area (Å²) in [5.41, 5.74) is 1.26. The lowest BCUT2D eigenvalue weighted by Crippen LogP contribution is -2.11. The molecule has 0 saturated carbocycles. The molecule has 5 nitrogen and oxygen atoms in total. The lowest BCUT2D eigenvalue weighted by Gasteiger charge is -2.13. The summed E-state index contributed by atoms with van der Waals surface area (Å²) in [7, 11) is 1.23. The smallest absolute Gasteiger partial charge is 0.341 e. The largest absolute Gasteiger partial charge is 0.465 e. The van der Waals surface area contributed by atoms with Crippen molar-refractivity contribution in [2.24, 2.45) is 0 Å². The Kier molecular flexibility index (Phi) is 5.78. The van der Waals surface area contributed by atoms with Gasteiger partial charge in [0.1, 0.15) is 28.8 Å². The van der Waals surface area contributed by atoms with E-state index < -0.39 is 17.6 Å². The van der Waals surface area contributed by atoms with Gasteiger partial charge >= 0.3 is 5.97 Å². The van der Waals surface area contributed by atoms with Crippen LogP contribution in [0, 0.1) is 17.5 Å². The summed E-state index contributed by atoms with van der Waals surface area (Å²) in [5.74, 6) is -2.21. The van der Waals surface area contributed by atoms with E-state index in [1.54, 1.807) is 12.1 Å². The third-order valence-electron chi connectivity index (χ3n) is 3.88. The summed E-state index contributed by atoms with van der Waals surface area (Å²) in [5, 5.41) is 5.73. The summed E-state index contributed by atoms with van der Waals surface area (Å²) in [6, 6.07) is 10.4. The minimum Gasteiger partial charge on any atom is -0.465 e. The maximum absolute atomic E-state index is 13.8. The van der Waals surface area contributed by atoms with E-state index >= 15 is 0 Å². The van der Waals surface area contributed by atoms with Gasteiger partial charge in [0, 0.05) is 12.6 Å². The second-order valence-corrected chi connectivity index (χ2v) is 5.84. The second kappa shape index (κ2) is 8.43. The Bertz CT molecular complexity index is 994. The van der Waals surface area contributed by atoms with Gasteiger partial charge in [-0.15, -0.1) is 0 Å². The van der Waals surface area contributed by atoms with Crippen LogP contribution in [0.3, 0.4) is 0 Å². The highest BCUT2D eigenvalue weighted by Crippen LogP contribution is 2.24. The topological polar surface area (TPSA) is 63.2 Å². The second-order valence-electron chi connectivity index (χ2n) is 5.84. The molecule has 0 aliphatic carbocycles. The first-order chi connectivity index (χ1) is 13.5. The van der Waals surface area contributed by atoms with Crippen LogP contribution in [-0.4, -0.2) is 18.1 Å². The molecule has 1 heterocycles. The van der Waals surface area contributed by atoms with Crippen molar-refractivity contribution >= 4 is 23.2 Å². The summed E-state index contributed by atoms with van der Waals surface area (Å²) in [4.78, 5) is 16.3. The number of esters is 1.